The Morgan fingerprint density at radius 3 is 2.60 bits per heavy atom. The first-order chi connectivity index (χ1) is 12.2. The predicted molar refractivity (Wildman–Crippen MR) is 101 cm³/mol. The minimum Gasteiger partial charge on any atom is -0.365 e. The zero-order valence-corrected chi connectivity index (χ0v) is 15.0. The molecule has 1 aliphatic heterocycles. The maximum Gasteiger partial charge on any atom is 0.229 e. The van der Waals surface area contributed by atoms with Crippen molar-refractivity contribution in [2.75, 3.05) is 23.3 Å². The molecule has 25 heavy (non-hydrogen) atoms. The van der Waals surface area contributed by atoms with Gasteiger partial charge in [-0.25, -0.2) is 0 Å². The number of benzene rings is 1. The molecule has 1 N–H and O–H groups in total. The van der Waals surface area contributed by atoms with Gasteiger partial charge in [0, 0.05) is 31.7 Å². The minimum atomic E-state index is 0.678. The van der Waals surface area contributed by atoms with Gasteiger partial charge in [0.2, 0.25) is 5.95 Å². The second kappa shape index (κ2) is 6.88. The molecule has 6 nitrogen and oxygen atoms in total. The highest BCUT2D eigenvalue weighted by atomic mass is 35.5. The van der Waals surface area contributed by atoms with Crippen molar-refractivity contribution in [1.82, 2.24) is 19.7 Å². The number of anilines is 2. The Kier molecular flexibility index (Phi) is 4.44. The normalized spacial score (nSPS) is 14.9. The lowest BCUT2D eigenvalue weighted by molar-refractivity contribution is 0.568. The zero-order valence-electron chi connectivity index (χ0n) is 14.2. The summed E-state index contributed by atoms with van der Waals surface area (Å²) in [5, 5.41) is 9.47. The Balaban J connectivity index is 1.64. The second-order valence-corrected chi connectivity index (χ2v) is 6.84. The number of halogens is 1. The van der Waals surface area contributed by atoms with E-state index in [2.05, 4.69) is 15.3 Å². The highest BCUT2D eigenvalue weighted by molar-refractivity contribution is 6.30. The van der Waals surface area contributed by atoms with Crippen molar-refractivity contribution < 1.29 is 0 Å². The maximum atomic E-state index is 5.96. The molecule has 130 valence electrons. The second-order valence-electron chi connectivity index (χ2n) is 6.41. The van der Waals surface area contributed by atoms with Gasteiger partial charge in [-0.1, -0.05) is 23.7 Å². The average molecular weight is 357 g/mol. The summed E-state index contributed by atoms with van der Waals surface area (Å²) in [4.78, 5) is 11.8. The Bertz CT molecular complexity index is 867. The molecule has 0 saturated carbocycles. The lowest BCUT2D eigenvalue weighted by Crippen LogP contribution is -2.31. The van der Waals surface area contributed by atoms with Crippen LogP contribution in [0, 0.1) is 0 Å². The number of fused-ring (bicyclic) bond motifs is 1. The molecule has 3 aromatic rings. The van der Waals surface area contributed by atoms with Crippen LogP contribution in [0.2, 0.25) is 5.02 Å². The summed E-state index contributed by atoms with van der Waals surface area (Å²) in [5.74, 6) is 1.61. The molecule has 0 radical (unpaired) electrons. The van der Waals surface area contributed by atoms with Gasteiger partial charge < -0.3 is 10.2 Å². The number of nitrogens with one attached hydrogen (secondary N) is 1. The van der Waals surface area contributed by atoms with Crippen molar-refractivity contribution in [3.63, 3.8) is 0 Å². The largest absolute Gasteiger partial charge is 0.365 e. The molecule has 0 bridgehead atoms. The fraction of sp³-hybridized carbons (Fsp3) is 0.389. The van der Waals surface area contributed by atoms with Crippen LogP contribution >= 0.6 is 11.6 Å². The van der Waals surface area contributed by atoms with E-state index in [0.717, 1.165) is 46.5 Å². The van der Waals surface area contributed by atoms with E-state index in [0.29, 0.717) is 6.54 Å². The first-order valence-corrected chi connectivity index (χ1v) is 9.01. The monoisotopic (exact) mass is 356 g/mol. The molecule has 7 heteroatoms. The summed E-state index contributed by atoms with van der Waals surface area (Å²) in [6.07, 6.45) is 5.49. The summed E-state index contributed by atoms with van der Waals surface area (Å²) in [6, 6.07) is 7.83. The molecule has 4 rings (SSSR count). The van der Waals surface area contributed by atoms with Crippen LogP contribution in [-0.4, -0.2) is 32.8 Å². The van der Waals surface area contributed by atoms with E-state index in [-0.39, 0.29) is 0 Å². The van der Waals surface area contributed by atoms with E-state index >= 15 is 0 Å². The fourth-order valence-corrected chi connectivity index (χ4v) is 3.29. The van der Waals surface area contributed by atoms with Crippen molar-refractivity contribution in [1.29, 1.82) is 0 Å². The van der Waals surface area contributed by atoms with Crippen LogP contribution in [0.5, 0.6) is 0 Å². The smallest absolute Gasteiger partial charge is 0.229 e. The summed E-state index contributed by atoms with van der Waals surface area (Å²) < 4.78 is 1.80. The van der Waals surface area contributed by atoms with Crippen LogP contribution in [0.25, 0.3) is 11.0 Å². The fourth-order valence-electron chi connectivity index (χ4n) is 3.17. The lowest BCUT2D eigenvalue weighted by atomic mass is 10.1. The number of hydrogen-bond donors (Lipinski definition) is 1. The Morgan fingerprint density at radius 2 is 1.84 bits per heavy atom. The molecule has 2 aromatic heterocycles. The van der Waals surface area contributed by atoms with Crippen molar-refractivity contribution >= 4 is 34.4 Å². The van der Waals surface area contributed by atoms with E-state index < -0.39 is 0 Å². The Hall–Kier alpha value is -2.34. The topological polar surface area (TPSA) is 58.9 Å². The zero-order chi connectivity index (χ0) is 17.2. The maximum absolute atomic E-state index is 5.96. The third kappa shape index (κ3) is 3.39. The average Bonchev–Trinajstić information content (AvgIpc) is 3.03. The third-order valence-electron chi connectivity index (χ3n) is 4.59. The van der Waals surface area contributed by atoms with Gasteiger partial charge in [-0.2, -0.15) is 15.1 Å². The van der Waals surface area contributed by atoms with Gasteiger partial charge >= 0.3 is 0 Å². The quantitative estimate of drug-likeness (QED) is 0.773. The standard InChI is InChI=1S/C18H21ClN6/c1-24-17-15(12-21-24)16(20-11-13-5-7-14(19)8-6-13)22-18(23-17)25-9-3-2-4-10-25/h5-8,12H,2-4,9-11H2,1H3,(H,20,22,23). The van der Waals surface area contributed by atoms with Crippen LogP contribution in [0.4, 0.5) is 11.8 Å². The minimum absolute atomic E-state index is 0.678. The van der Waals surface area contributed by atoms with Crippen molar-refractivity contribution in [2.45, 2.75) is 25.8 Å². The lowest BCUT2D eigenvalue weighted by Gasteiger charge is -2.27. The highest BCUT2D eigenvalue weighted by Gasteiger charge is 2.18. The molecule has 1 saturated heterocycles. The molecule has 1 fully saturated rings. The summed E-state index contributed by atoms with van der Waals surface area (Å²) in [6.45, 7) is 2.71. The molecule has 0 amide bonds. The van der Waals surface area contributed by atoms with Gasteiger partial charge in [-0.3, -0.25) is 4.68 Å². The van der Waals surface area contributed by atoms with Crippen LogP contribution in [-0.2, 0) is 13.6 Å². The first kappa shape index (κ1) is 16.1. The van der Waals surface area contributed by atoms with Crippen molar-refractivity contribution in [3.05, 3.63) is 41.0 Å². The Morgan fingerprint density at radius 1 is 1.08 bits per heavy atom. The molecule has 0 atom stereocenters. The van der Waals surface area contributed by atoms with Gasteiger partial charge in [0.15, 0.2) is 5.65 Å². The van der Waals surface area contributed by atoms with Gasteiger partial charge in [-0.05, 0) is 37.0 Å². The van der Waals surface area contributed by atoms with E-state index in [1.165, 1.54) is 19.3 Å². The number of hydrogen-bond acceptors (Lipinski definition) is 5. The van der Waals surface area contributed by atoms with Gasteiger partial charge in [0.1, 0.15) is 5.82 Å². The molecule has 0 aliphatic carbocycles. The summed E-state index contributed by atoms with van der Waals surface area (Å²) >= 11 is 5.96. The van der Waals surface area contributed by atoms with Gasteiger partial charge in [-0.15, -0.1) is 0 Å². The summed E-state index contributed by atoms with van der Waals surface area (Å²) in [5.41, 5.74) is 2.01. The van der Waals surface area contributed by atoms with Crippen LogP contribution in [0.1, 0.15) is 24.8 Å². The molecule has 1 aromatic carbocycles. The number of nitrogens with zero attached hydrogens (tertiary/aromatic N) is 5. The van der Waals surface area contributed by atoms with Gasteiger partial charge in [0.05, 0.1) is 11.6 Å². The van der Waals surface area contributed by atoms with Crippen LogP contribution in [0.3, 0.4) is 0 Å². The highest BCUT2D eigenvalue weighted by Crippen LogP contribution is 2.25. The van der Waals surface area contributed by atoms with Crippen LogP contribution in [0.15, 0.2) is 30.5 Å². The molecule has 0 spiro atoms. The van der Waals surface area contributed by atoms with Crippen LogP contribution < -0.4 is 10.2 Å². The van der Waals surface area contributed by atoms with Crippen molar-refractivity contribution in [2.24, 2.45) is 7.05 Å². The Labute approximate surface area is 151 Å². The number of aromatic nitrogens is 4. The first-order valence-electron chi connectivity index (χ1n) is 8.64. The van der Waals surface area contributed by atoms with E-state index in [1.807, 2.05) is 37.5 Å². The molecular weight excluding hydrogens is 336 g/mol. The third-order valence-corrected chi connectivity index (χ3v) is 4.84. The van der Waals surface area contributed by atoms with Crippen molar-refractivity contribution in [3.8, 4) is 0 Å². The molecular formula is C18H21ClN6. The molecule has 0 unspecified atom stereocenters. The number of piperidine rings is 1. The van der Waals surface area contributed by atoms with E-state index in [1.54, 1.807) is 4.68 Å². The van der Waals surface area contributed by atoms with E-state index in [4.69, 9.17) is 21.6 Å². The number of rotatable bonds is 4. The summed E-state index contributed by atoms with van der Waals surface area (Å²) in [7, 11) is 1.91. The molecule has 1 aliphatic rings. The van der Waals surface area contributed by atoms with E-state index in [9.17, 15) is 0 Å². The number of aryl methyl sites for hydroxylation is 1. The predicted octanol–water partition coefficient (Wildman–Crippen LogP) is 3.62. The SMILES string of the molecule is Cn1ncc2c(NCc3ccc(Cl)cc3)nc(N3CCCCC3)nc21. The van der Waals surface area contributed by atoms with Gasteiger partial charge in [0.25, 0.3) is 0 Å². The molecule has 3 heterocycles.